The molecule has 2 atom stereocenters. The van der Waals surface area contributed by atoms with E-state index >= 15 is 0 Å². The molecule has 2 rings (SSSR count). The molecule has 0 spiro atoms. The van der Waals surface area contributed by atoms with E-state index in [1.807, 2.05) is 0 Å². The van der Waals surface area contributed by atoms with Crippen molar-refractivity contribution in [3.05, 3.63) is 28.5 Å². The number of halogens is 2. The average Bonchev–Trinajstić information content (AvgIpc) is 2.40. The fourth-order valence-electron chi connectivity index (χ4n) is 2.44. The summed E-state index contributed by atoms with van der Waals surface area (Å²) in [5, 5.41) is 15.0. The van der Waals surface area contributed by atoms with Gasteiger partial charge in [0, 0.05) is 11.0 Å². The van der Waals surface area contributed by atoms with E-state index in [-0.39, 0.29) is 18.0 Å². The summed E-state index contributed by atoms with van der Waals surface area (Å²) >= 11 is 3.20. The van der Waals surface area contributed by atoms with Crippen LogP contribution in [0.1, 0.15) is 25.7 Å². The minimum atomic E-state index is -0.362. The van der Waals surface area contributed by atoms with Crippen LogP contribution in [0, 0.1) is 11.7 Å². The lowest BCUT2D eigenvalue weighted by Gasteiger charge is -2.25. The van der Waals surface area contributed by atoms with Crippen molar-refractivity contribution in [3.8, 4) is 0 Å². The molecule has 0 aliphatic heterocycles. The summed E-state index contributed by atoms with van der Waals surface area (Å²) in [5.41, 5.74) is 0.521. The van der Waals surface area contributed by atoms with Crippen molar-refractivity contribution in [2.24, 2.45) is 5.92 Å². The van der Waals surface area contributed by atoms with Gasteiger partial charge in [-0.25, -0.2) is 9.18 Å². The first-order valence-electron chi connectivity index (χ1n) is 6.72. The van der Waals surface area contributed by atoms with Gasteiger partial charge in [0.15, 0.2) is 0 Å². The minimum absolute atomic E-state index is 0.246. The molecule has 1 aliphatic rings. The van der Waals surface area contributed by atoms with Crippen LogP contribution >= 0.6 is 15.9 Å². The first-order valence-corrected chi connectivity index (χ1v) is 7.52. The maximum atomic E-state index is 12.9. The van der Waals surface area contributed by atoms with E-state index in [0.29, 0.717) is 22.6 Å². The smallest absolute Gasteiger partial charge is 0.319 e. The van der Waals surface area contributed by atoms with E-state index < -0.39 is 0 Å². The topological polar surface area (TPSA) is 61.4 Å². The number of nitrogens with one attached hydrogen (secondary N) is 2. The minimum Gasteiger partial charge on any atom is -0.393 e. The molecule has 2 amide bonds. The molecule has 0 bridgehead atoms. The predicted molar refractivity (Wildman–Crippen MR) is 79.1 cm³/mol. The monoisotopic (exact) mass is 344 g/mol. The highest BCUT2D eigenvalue weighted by Crippen LogP contribution is 2.24. The second-order valence-electron chi connectivity index (χ2n) is 5.15. The molecule has 1 aromatic carbocycles. The molecule has 6 heteroatoms. The normalized spacial score (nSPS) is 22.4. The molecule has 3 N–H and O–H groups in total. The standard InChI is InChI=1S/C14H18BrFN2O2/c15-12-7-10(16)4-5-13(12)18-14(20)17-8-9-2-1-3-11(19)6-9/h4-5,7,9,11,19H,1-3,6,8H2,(H2,17,18,20). The Morgan fingerprint density at radius 3 is 2.95 bits per heavy atom. The molecular formula is C14H18BrFN2O2. The highest BCUT2D eigenvalue weighted by molar-refractivity contribution is 9.10. The molecule has 0 aromatic heterocycles. The molecule has 1 aliphatic carbocycles. The first kappa shape index (κ1) is 15.3. The number of carbonyl (C=O) groups is 1. The zero-order valence-electron chi connectivity index (χ0n) is 11.0. The summed E-state index contributed by atoms with van der Waals surface area (Å²) in [7, 11) is 0. The average molecular weight is 345 g/mol. The number of rotatable bonds is 3. The van der Waals surface area contributed by atoms with Crippen molar-refractivity contribution in [2.75, 3.05) is 11.9 Å². The third-order valence-electron chi connectivity index (χ3n) is 3.49. The van der Waals surface area contributed by atoms with Gasteiger partial charge in [0.05, 0.1) is 11.8 Å². The summed E-state index contributed by atoms with van der Waals surface area (Å²) in [5.74, 6) is -0.0415. The van der Waals surface area contributed by atoms with Gasteiger partial charge < -0.3 is 15.7 Å². The van der Waals surface area contributed by atoms with Crippen molar-refractivity contribution in [2.45, 2.75) is 31.8 Å². The van der Waals surface area contributed by atoms with E-state index in [9.17, 15) is 14.3 Å². The van der Waals surface area contributed by atoms with Crippen molar-refractivity contribution < 1.29 is 14.3 Å². The Balaban J connectivity index is 1.80. The first-order chi connectivity index (χ1) is 9.54. The highest BCUT2D eigenvalue weighted by Gasteiger charge is 2.20. The van der Waals surface area contributed by atoms with E-state index in [2.05, 4.69) is 26.6 Å². The number of aliphatic hydroxyl groups excluding tert-OH is 1. The number of hydrogen-bond acceptors (Lipinski definition) is 2. The highest BCUT2D eigenvalue weighted by atomic mass is 79.9. The van der Waals surface area contributed by atoms with Crippen LogP contribution in [0.5, 0.6) is 0 Å². The number of carbonyl (C=O) groups excluding carboxylic acids is 1. The van der Waals surface area contributed by atoms with Crippen LogP contribution in [0.25, 0.3) is 0 Å². The largest absolute Gasteiger partial charge is 0.393 e. The Labute approximate surface area is 125 Å². The molecule has 0 heterocycles. The maximum absolute atomic E-state index is 12.9. The molecule has 1 fully saturated rings. The van der Waals surface area contributed by atoms with Gasteiger partial charge >= 0.3 is 6.03 Å². The van der Waals surface area contributed by atoms with E-state index in [1.54, 1.807) is 0 Å². The van der Waals surface area contributed by atoms with Gasteiger partial charge in [-0.2, -0.15) is 0 Å². The predicted octanol–water partition coefficient (Wildman–Crippen LogP) is 3.26. The lowest BCUT2D eigenvalue weighted by Crippen LogP contribution is -2.35. The fourth-order valence-corrected chi connectivity index (χ4v) is 2.89. The van der Waals surface area contributed by atoms with E-state index in [4.69, 9.17) is 0 Å². The molecular weight excluding hydrogens is 327 g/mol. The summed E-state index contributed by atoms with van der Waals surface area (Å²) in [6, 6.07) is 3.77. The molecule has 20 heavy (non-hydrogen) atoms. The Morgan fingerprint density at radius 2 is 2.25 bits per heavy atom. The summed E-state index contributed by atoms with van der Waals surface area (Å²) in [4.78, 5) is 11.8. The number of hydrogen-bond donors (Lipinski definition) is 3. The Bertz CT molecular complexity index is 484. The van der Waals surface area contributed by atoms with Gasteiger partial charge in [-0.3, -0.25) is 0 Å². The van der Waals surface area contributed by atoms with Crippen molar-refractivity contribution >= 4 is 27.6 Å². The summed E-state index contributed by atoms with van der Waals surface area (Å²) < 4.78 is 13.4. The quantitative estimate of drug-likeness (QED) is 0.788. The zero-order chi connectivity index (χ0) is 14.5. The van der Waals surface area contributed by atoms with Gasteiger partial charge in [0.25, 0.3) is 0 Å². The number of amides is 2. The lowest BCUT2D eigenvalue weighted by atomic mass is 9.87. The Morgan fingerprint density at radius 1 is 1.45 bits per heavy atom. The van der Waals surface area contributed by atoms with Crippen molar-refractivity contribution in [1.29, 1.82) is 0 Å². The van der Waals surface area contributed by atoms with Gasteiger partial charge in [-0.05, 0) is 59.3 Å². The molecule has 0 saturated heterocycles. The van der Waals surface area contributed by atoms with Gasteiger partial charge in [-0.1, -0.05) is 6.42 Å². The summed E-state index contributed by atoms with van der Waals surface area (Å²) in [6.45, 7) is 0.543. The van der Waals surface area contributed by atoms with Crippen LogP contribution in [0.4, 0.5) is 14.9 Å². The van der Waals surface area contributed by atoms with E-state index in [0.717, 1.165) is 25.7 Å². The SMILES string of the molecule is O=C(NCC1CCCC(O)C1)Nc1ccc(F)cc1Br. The van der Waals surface area contributed by atoms with Gasteiger partial charge in [-0.15, -0.1) is 0 Å². The third kappa shape index (κ3) is 4.45. The lowest BCUT2D eigenvalue weighted by molar-refractivity contribution is 0.101. The number of anilines is 1. The summed E-state index contributed by atoms with van der Waals surface area (Å²) in [6.07, 6.45) is 3.37. The second kappa shape index (κ2) is 7.04. The molecule has 110 valence electrons. The molecule has 2 unspecified atom stereocenters. The van der Waals surface area contributed by atoms with Crippen molar-refractivity contribution in [3.63, 3.8) is 0 Å². The Kier molecular flexibility index (Phi) is 5.37. The number of benzene rings is 1. The van der Waals surface area contributed by atoms with Crippen LogP contribution in [0.2, 0.25) is 0 Å². The second-order valence-corrected chi connectivity index (χ2v) is 6.00. The van der Waals surface area contributed by atoms with E-state index in [1.165, 1.54) is 18.2 Å². The fraction of sp³-hybridized carbons (Fsp3) is 0.500. The van der Waals surface area contributed by atoms with Gasteiger partial charge in [0.1, 0.15) is 5.82 Å². The van der Waals surface area contributed by atoms with Crippen LogP contribution in [-0.2, 0) is 0 Å². The maximum Gasteiger partial charge on any atom is 0.319 e. The molecule has 4 nitrogen and oxygen atoms in total. The Hall–Kier alpha value is -1.14. The van der Waals surface area contributed by atoms with Crippen LogP contribution in [-0.4, -0.2) is 23.8 Å². The number of aliphatic hydroxyl groups is 1. The zero-order valence-corrected chi connectivity index (χ0v) is 12.6. The van der Waals surface area contributed by atoms with Crippen LogP contribution in [0.15, 0.2) is 22.7 Å². The molecule has 1 aromatic rings. The molecule has 0 radical (unpaired) electrons. The third-order valence-corrected chi connectivity index (χ3v) is 4.14. The van der Waals surface area contributed by atoms with Crippen LogP contribution < -0.4 is 10.6 Å². The number of urea groups is 1. The van der Waals surface area contributed by atoms with Crippen LogP contribution in [0.3, 0.4) is 0 Å². The van der Waals surface area contributed by atoms with Gasteiger partial charge in [0.2, 0.25) is 0 Å². The van der Waals surface area contributed by atoms with Crippen molar-refractivity contribution in [1.82, 2.24) is 5.32 Å². The molecule has 1 saturated carbocycles.